The van der Waals surface area contributed by atoms with Crippen LogP contribution in [0.1, 0.15) is 11.1 Å². The summed E-state index contributed by atoms with van der Waals surface area (Å²) in [6, 6.07) is 9.47. The highest BCUT2D eigenvalue weighted by molar-refractivity contribution is 5.38. The molecule has 2 heterocycles. The minimum Gasteiger partial charge on any atom is -0.494 e. The second-order valence-corrected chi connectivity index (χ2v) is 3.94. The van der Waals surface area contributed by atoms with E-state index in [0.29, 0.717) is 12.0 Å². The minimum atomic E-state index is -0.350. The summed E-state index contributed by atoms with van der Waals surface area (Å²) < 4.78 is 1.35. The minimum absolute atomic E-state index is 0.123. The normalized spacial score (nSPS) is 10.9. The van der Waals surface area contributed by atoms with Gasteiger partial charge in [-0.3, -0.25) is 9.78 Å². The van der Waals surface area contributed by atoms with Gasteiger partial charge in [0.2, 0.25) is 11.7 Å². The fourth-order valence-electron chi connectivity index (χ4n) is 1.86. The molecule has 0 aliphatic heterocycles. The van der Waals surface area contributed by atoms with Gasteiger partial charge < -0.3 is 5.11 Å². The SMILES string of the molecule is O=c1[nH]c2nncn2c(O)c1Cc1ccccc1. The number of hydrogen-bond donors (Lipinski definition) is 2. The Bertz CT molecular complexity index is 746. The van der Waals surface area contributed by atoms with Gasteiger partial charge in [0.25, 0.3) is 5.56 Å². The first-order valence-corrected chi connectivity index (χ1v) is 5.43. The summed E-state index contributed by atoms with van der Waals surface area (Å²) in [5.74, 6) is 0.108. The van der Waals surface area contributed by atoms with Crippen molar-refractivity contribution in [3.05, 3.63) is 58.1 Å². The van der Waals surface area contributed by atoms with Crippen LogP contribution in [0.15, 0.2) is 41.5 Å². The number of benzene rings is 1. The van der Waals surface area contributed by atoms with Crippen molar-refractivity contribution in [2.24, 2.45) is 0 Å². The van der Waals surface area contributed by atoms with Gasteiger partial charge in [0.15, 0.2) is 0 Å². The first-order chi connectivity index (χ1) is 8.75. The Balaban J connectivity index is 2.14. The average Bonchev–Trinajstić information content (AvgIpc) is 2.84. The van der Waals surface area contributed by atoms with Crippen LogP contribution in [0.25, 0.3) is 5.78 Å². The molecule has 0 saturated heterocycles. The van der Waals surface area contributed by atoms with Crippen LogP contribution in [0.2, 0.25) is 0 Å². The van der Waals surface area contributed by atoms with Gasteiger partial charge >= 0.3 is 0 Å². The van der Waals surface area contributed by atoms with Gasteiger partial charge in [-0.25, -0.2) is 4.40 Å². The van der Waals surface area contributed by atoms with E-state index in [-0.39, 0.29) is 17.2 Å². The molecule has 3 rings (SSSR count). The Kier molecular flexibility index (Phi) is 2.33. The topological polar surface area (TPSA) is 83.3 Å². The van der Waals surface area contributed by atoms with Crippen LogP contribution in [0.3, 0.4) is 0 Å². The zero-order chi connectivity index (χ0) is 12.5. The Morgan fingerprint density at radius 3 is 2.83 bits per heavy atom. The van der Waals surface area contributed by atoms with Crippen molar-refractivity contribution in [2.75, 3.05) is 0 Å². The lowest BCUT2D eigenvalue weighted by molar-refractivity contribution is 0.437. The summed E-state index contributed by atoms with van der Waals surface area (Å²) in [6.45, 7) is 0. The first-order valence-electron chi connectivity index (χ1n) is 5.43. The predicted octanol–water partition coefficient (Wildman–Crippen LogP) is 0.714. The Morgan fingerprint density at radius 2 is 2.06 bits per heavy atom. The number of H-pyrrole nitrogens is 1. The van der Waals surface area contributed by atoms with Gasteiger partial charge in [0.05, 0.1) is 5.56 Å². The molecule has 1 aromatic carbocycles. The van der Waals surface area contributed by atoms with Crippen molar-refractivity contribution < 1.29 is 5.11 Å². The summed E-state index contributed by atoms with van der Waals surface area (Å²) in [6.07, 6.45) is 1.71. The molecule has 3 aromatic rings. The van der Waals surface area contributed by atoms with Gasteiger partial charge in [-0.15, -0.1) is 10.2 Å². The number of rotatable bonds is 2. The summed E-state index contributed by atoms with van der Waals surface area (Å²) >= 11 is 0. The van der Waals surface area contributed by atoms with Gasteiger partial charge in [-0.05, 0) is 5.56 Å². The van der Waals surface area contributed by atoms with Crippen LogP contribution in [-0.2, 0) is 6.42 Å². The second-order valence-electron chi connectivity index (χ2n) is 3.94. The first kappa shape index (κ1) is 10.5. The molecule has 0 spiro atoms. The third-order valence-electron chi connectivity index (χ3n) is 2.77. The molecule has 2 aromatic heterocycles. The highest BCUT2D eigenvalue weighted by Gasteiger charge is 2.12. The van der Waals surface area contributed by atoms with Crippen LogP contribution in [0.5, 0.6) is 5.88 Å². The maximum atomic E-state index is 11.9. The zero-order valence-corrected chi connectivity index (χ0v) is 9.37. The number of aromatic amines is 1. The molecule has 0 aliphatic carbocycles. The van der Waals surface area contributed by atoms with Gasteiger partial charge in [0, 0.05) is 6.42 Å². The molecule has 0 fully saturated rings. The molecule has 2 N–H and O–H groups in total. The standard InChI is InChI=1S/C12H10N4O2/c17-10-9(6-8-4-2-1-3-5-8)11(18)16-7-13-15-12(16)14-10/h1-5,7,18H,6H2,(H,14,15,17). The molecule has 0 aliphatic rings. The van der Waals surface area contributed by atoms with Crippen LogP contribution in [-0.4, -0.2) is 24.7 Å². The summed E-state index contributed by atoms with van der Waals surface area (Å²) in [7, 11) is 0. The molecule has 6 heteroatoms. The van der Waals surface area contributed by atoms with E-state index in [0.717, 1.165) is 5.56 Å². The summed E-state index contributed by atoms with van der Waals surface area (Å²) in [5, 5.41) is 17.4. The quantitative estimate of drug-likeness (QED) is 0.693. The van der Waals surface area contributed by atoms with Gasteiger partial charge in [-0.1, -0.05) is 30.3 Å². The highest BCUT2D eigenvalue weighted by Crippen LogP contribution is 2.16. The van der Waals surface area contributed by atoms with Crippen LogP contribution in [0.4, 0.5) is 0 Å². The van der Waals surface area contributed by atoms with Gasteiger partial charge in [-0.2, -0.15) is 0 Å². The van der Waals surface area contributed by atoms with E-state index < -0.39 is 0 Å². The molecule has 0 saturated carbocycles. The van der Waals surface area contributed by atoms with E-state index in [1.54, 1.807) is 0 Å². The molecule has 18 heavy (non-hydrogen) atoms. The third kappa shape index (κ3) is 1.64. The Labute approximate surface area is 102 Å². The fraction of sp³-hybridized carbons (Fsp3) is 0.0833. The van der Waals surface area contributed by atoms with Crippen LogP contribution < -0.4 is 5.56 Å². The van der Waals surface area contributed by atoms with Crippen molar-refractivity contribution in [2.45, 2.75) is 6.42 Å². The lowest BCUT2D eigenvalue weighted by Gasteiger charge is -2.05. The number of aromatic nitrogens is 4. The van der Waals surface area contributed by atoms with E-state index >= 15 is 0 Å². The molecular weight excluding hydrogens is 232 g/mol. The predicted molar refractivity (Wildman–Crippen MR) is 64.5 cm³/mol. The largest absolute Gasteiger partial charge is 0.494 e. The number of hydrogen-bond acceptors (Lipinski definition) is 4. The number of nitrogens with one attached hydrogen (secondary N) is 1. The van der Waals surface area contributed by atoms with E-state index in [1.807, 2.05) is 30.3 Å². The summed E-state index contributed by atoms with van der Waals surface area (Å²) in [5.41, 5.74) is 0.899. The molecule has 0 bridgehead atoms. The second kappa shape index (κ2) is 3.99. The maximum absolute atomic E-state index is 11.9. The van der Waals surface area contributed by atoms with Crippen molar-refractivity contribution in [3.63, 3.8) is 0 Å². The van der Waals surface area contributed by atoms with Crippen LogP contribution >= 0.6 is 0 Å². The van der Waals surface area contributed by atoms with E-state index in [2.05, 4.69) is 15.2 Å². The van der Waals surface area contributed by atoms with Gasteiger partial charge in [0.1, 0.15) is 6.33 Å². The number of fused-ring (bicyclic) bond motifs is 1. The molecule has 0 radical (unpaired) electrons. The van der Waals surface area contributed by atoms with Crippen LogP contribution in [0, 0.1) is 0 Å². The number of aromatic hydroxyl groups is 1. The monoisotopic (exact) mass is 242 g/mol. The third-order valence-corrected chi connectivity index (χ3v) is 2.77. The van der Waals surface area contributed by atoms with Crippen molar-refractivity contribution in [1.29, 1.82) is 0 Å². The highest BCUT2D eigenvalue weighted by atomic mass is 16.3. The van der Waals surface area contributed by atoms with Crippen molar-refractivity contribution >= 4 is 5.78 Å². The Hall–Kier alpha value is -2.63. The maximum Gasteiger partial charge on any atom is 0.259 e. The van der Waals surface area contributed by atoms with E-state index in [4.69, 9.17) is 0 Å². The summed E-state index contributed by atoms with van der Waals surface area (Å²) in [4.78, 5) is 14.4. The lowest BCUT2D eigenvalue weighted by atomic mass is 10.1. The lowest BCUT2D eigenvalue weighted by Crippen LogP contribution is -2.15. The molecule has 6 nitrogen and oxygen atoms in total. The molecule has 0 amide bonds. The van der Waals surface area contributed by atoms with Crippen molar-refractivity contribution in [1.82, 2.24) is 19.6 Å². The van der Waals surface area contributed by atoms with Crippen molar-refractivity contribution in [3.8, 4) is 5.88 Å². The van der Waals surface area contributed by atoms with E-state index in [1.165, 1.54) is 10.7 Å². The molecule has 90 valence electrons. The smallest absolute Gasteiger partial charge is 0.259 e. The fourth-order valence-corrected chi connectivity index (χ4v) is 1.86. The molecule has 0 atom stereocenters. The molecule has 0 unspecified atom stereocenters. The van der Waals surface area contributed by atoms with E-state index in [9.17, 15) is 9.90 Å². The zero-order valence-electron chi connectivity index (χ0n) is 9.37. The average molecular weight is 242 g/mol. The number of nitrogens with zero attached hydrogens (tertiary/aromatic N) is 3. The molecular formula is C12H10N4O2. The Morgan fingerprint density at radius 1 is 1.28 bits per heavy atom.